The number of benzene rings is 1. The molecule has 0 fully saturated rings. The van der Waals surface area contributed by atoms with Crippen molar-refractivity contribution < 1.29 is 14.3 Å². The third kappa shape index (κ3) is 4.74. The topological polar surface area (TPSA) is 79.8 Å². The van der Waals surface area contributed by atoms with Crippen LogP contribution in [-0.4, -0.2) is 31.7 Å². The van der Waals surface area contributed by atoms with Gasteiger partial charge in [0, 0.05) is 17.1 Å². The Morgan fingerprint density at radius 3 is 2.85 bits per heavy atom. The first-order valence-corrected chi connectivity index (χ1v) is 6.02. The van der Waals surface area contributed by atoms with E-state index < -0.39 is 11.8 Å². The van der Waals surface area contributed by atoms with Crippen LogP contribution >= 0.6 is 11.6 Å². The molecule has 0 saturated heterocycles. The number of methoxy groups -OCH3 is 1. The summed E-state index contributed by atoms with van der Waals surface area (Å²) in [7, 11) is 1.50. The van der Waals surface area contributed by atoms with Crippen molar-refractivity contribution in [3.8, 4) is 5.75 Å². The highest BCUT2D eigenvalue weighted by Gasteiger charge is 2.10. The Kier molecular flexibility index (Phi) is 6.25. The average molecular weight is 296 g/mol. The van der Waals surface area contributed by atoms with E-state index in [1.807, 2.05) is 0 Å². The third-order valence-corrected chi connectivity index (χ3v) is 2.41. The zero-order valence-corrected chi connectivity index (χ0v) is 11.6. The van der Waals surface area contributed by atoms with Crippen molar-refractivity contribution in [3.05, 3.63) is 41.4 Å². The first kappa shape index (κ1) is 15.7. The number of carbonyl (C=O) groups excluding carboxylic acids is 2. The predicted molar refractivity (Wildman–Crippen MR) is 76.9 cm³/mol. The van der Waals surface area contributed by atoms with E-state index in [9.17, 15) is 9.59 Å². The van der Waals surface area contributed by atoms with E-state index in [2.05, 4.69) is 22.4 Å². The standard InChI is InChI=1S/C13H14ClN3O3/c1-3-6-15-12(18)13(19)17-16-8-9-7-10(14)4-5-11(9)20-2/h3-5,7-8H,1,6H2,2H3,(H,15,18)(H,17,19)/b16-8-. The number of hydrazone groups is 1. The van der Waals surface area contributed by atoms with Crippen molar-refractivity contribution in [2.24, 2.45) is 5.10 Å². The van der Waals surface area contributed by atoms with Gasteiger partial charge in [-0.25, -0.2) is 5.43 Å². The molecule has 0 atom stereocenters. The van der Waals surface area contributed by atoms with Gasteiger partial charge in [0.1, 0.15) is 5.75 Å². The molecule has 106 valence electrons. The van der Waals surface area contributed by atoms with Gasteiger partial charge < -0.3 is 10.1 Å². The lowest BCUT2D eigenvalue weighted by Gasteiger charge is -2.04. The molecule has 0 aliphatic carbocycles. The summed E-state index contributed by atoms with van der Waals surface area (Å²) in [6, 6.07) is 4.95. The lowest BCUT2D eigenvalue weighted by atomic mass is 10.2. The molecule has 0 spiro atoms. The average Bonchev–Trinajstić information content (AvgIpc) is 2.44. The van der Waals surface area contributed by atoms with E-state index in [4.69, 9.17) is 16.3 Å². The van der Waals surface area contributed by atoms with Gasteiger partial charge >= 0.3 is 11.8 Å². The zero-order valence-electron chi connectivity index (χ0n) is 10.9. The molecular weight excluding hydrogens is 282 g/mol. The maximum absolute atomic E-state index is 11.3. The largest absolute Gasteiger partial charge is 0.496 e. The minimum absolute atomic E-state index is 0.206. The Labute approximate surface area is 121 Å². The van der Waals surface area contributed by atoms with Crippen LogP contribution in [0.15, 0.2) is 36.0 Å². The summed E-state index contributed by atoms with van der Waals surface area (Å²) in [5.41, 5.74) is 2.67. The van der Waals surface area contributed by atoms with E-state index in [1.54, 1.807) is 18.2 Å². The van der Waals surface area contributed by atoms with Crippen molar-refractivity contribution in [1.29, 1.82) is 0 Å². The third-order valence-electron chi connectivity index (χ3n) is 2.17. The molecule has 1 aromatic rings. The van der Waals surface area contributed by atoms with Crippen LogP contribution in [0.5, 0.6) is 5.75 Å². The van der Waals surface area contributed by atoms with Crippen molar-refractivity contribution in [2.45, 2.75) is 0 Å². The fourth-order valence-electron chi connectivity index (χ4n) is 1.26. The lowest BCUT2D eigenvalue weighted by molar-refractivity contribution is -0.139. The lowest BCUT2D eigenvalue weighted by Crippen LogP contribution is -2.37. The number of nitrogens with one attached hydrogen (secondary N) is 2. The molecular formula is C13H14ClN3O3. The summed E-state index contributed by atoms with van der Waals surface area (Å²) >= 11 is 5.84. The predicted octanol–water partition coefficient (Wildman–Crippen LogP) is 1.10. The van der Waals surface area contributed by atoms with Gasteiger partial charge in [0.25, 0.3) is 0 Å². The van der Waals surface area contributed by atoms with E-state index in [0.29, 0.717) is 16.3 Å². The molecule has 1 aromatic carbocycles. The highest BCUT2D eigenvalue weighted by Crippen LogP contribution is 2.20. The van der Waals surface area contributed by atoms with E-state index in [0.717, 1.165) is 0 Å². The maximum Gasteiger partial charge on any atom is 0.329 e. The van der Waals surface area contributed by atoms with Gasteiger partial charge in [-0.1, -0.05) is 17.7 Å². The Bertz CT molecular complexity index is 544. The van der Waals surface area contributed by atoms with Crippen LogP contribution in [0.2, 0.25) is 5.02 Å². The first-order valence-electron chi connectivity index (χ1n) is 5.64. The van der Waals surface area contributed by atoms with Gasteiger partial charge in [-0.3, -0.25) is 9.59 Å². The minimum Gasteiger partial charge on any atom is -0.496 e. The summed E-state index contributed by atoms with van der Waals surface area (Å²) in [6.07, 6.45) is 2.80. The maximum atomic E-state index is 11.3. The number of amides is 2. The minimum atomic E-state index is -0.871. The molecule has 0 aliphatic heterocycles. The Morgan fingerprint density at radius 1 is 1.45 bits per heavy atom. The first-order chi connectivity index (χ1) is 9.58. The van der Waals surface area contributed by atoms with Crippen LogP contribution in [0, 0.1) is 0 Å². The van der Waals surface area contributed by atoms with Crippen LogP contribution in [0.25, 0.3) is 0 Å². The molecule has 0 saturated carbocycles. The Balaban J connectivity index is 2.65. The highest BCUT2D eigenvalue weighted by molar-refractivity contribution is 6.35. The van der Waals surface area contributed by atoms with Crippen LogP contribution in [0.4, 0.5) is 0 Å². The van der Waals surface area contributed by atoms with Crippen molar-refractivity contribution in [3.63, 3.8) is 0 Å². The van der Waals surface area contributed by atoms with Crippen LogP contribution in [0.3, 0.4) is 0 Å². The number of hydrogen-bond donors (Lipinski definition) is 2. The number of nitrogens with zero attached hydrogens (tertiary/aromatic N) is 1. The number of halogens is 1. The fraction of sp³-hybridized carbons (Fsp3) is 0.154. The van der Waals surface area contributed by atoms with Crippen LogP contribution < -0.4 is 15.5 Å². The number of carbonyl (C=O) groups is 2. The van der Waals surface area contributed by atoms with Gasteiger partial charge in [0.05, 0.1) is 13.3 Å². The second kappa shape index (κ2) is 7.96. The highest BCUT2D eigenvalue weighted by atomic mass is 35.5. The number of hydrogen-bond acceptors (Lipinski definition) is 4. The molecule has 0 aliphatic rings. The van der Waals surface area contributed by atoms with E-state index in [-0.39, 0.29) is 6.54 Å². The van der Waals surface area contributed by atoms with Crippen LogP contribution in [-0.2, 0) is 9.59 Å². The zero-order chi connectivity index (χ0) is 15.0. The molecule has 20 heavy (non-hydrogen) atoms. The molecule has 2 N–H and O–H groups in total. The summed E-state index contributed by atoms with van der Waals surface area (Å²) in [5, 5.41) is 6.50. The Hall–Kier alpha value is -2.34. The summed E-state index contributed by atoms with van der Waals surface area (Å²) < 4.78 is 5.11. The van der Waals surface area contributed by atoms with Crippen molar-refractivity contribution in [1.82, 2.24) is 10.7 Å². The number of ether oxygens (including phenoxy) is 1. The molecule has 6 nitrogen and oxygen atoms in total. The second-order valence-corrected chi connectivity index (χ2v) is 4.02. The summed E-state index contributed by atoms with van der Waals surface area (Å²) in [5.74, 6) is -1.12. The van der Waals surface area contributed by atoms with Crippen molar-refractivity contribution in [2.75, 3.05) is 13.7 Å². The van der Waals surface area contributed by atoms with Gasteiger partial charge in [-0.15, -0.1) is 6.58 Å². The summed E-state index contributed by atoms with van der Waals surface area (Å²) in [6.45, 7) is 3.63. The van der Waals surface area contributed by atoms with E-state index in [1.165, 1.54) is 19.4 Å². The van der Waals surface area contributed by atoms with E-state index >= 15 is 0 Å². The molecule has 0 heterocycles. The molecule has 0 bridgehead atoms. The van der Waals surface area contributed by atoms with Crippen LogP contribution in [0.1, 0.15) is 5.56 Å². The van der Waals surface area contributed by atoms with Gasteiger partial charge in [-0.05, 0) is 18.2 Å². The normalized spacial score (nSPS) is 10.1. The molecule has 0 radical (unpaired) electrons. The van der Waals surface area contributed by atoms with Crippen molar-refractivity contribution >= 4 is 29.6 Å². The summed E-state index contributed by atoms with van der Waals surface area (Å²) in [4.78, 5) is 22.6. The molecule has 1 rings (SSSR count). The monoisotopic (exact) mass is 295 g/mol. The number of rotatable bonds is 5. The molecule has 0 aromatic heterocycles. The second-order valence-electron chi connectivity index (χ2n) is 3.58. The quantitative estimate of drug-likeness (QED) is 0.369. The fourth-order valence-corrected chi connectivity index (χ4v) is 1.44. The Morgan fingerprint density at radius 2 is 2.20 bits per heavy atom. The molecule has 2 amide bonds. The van der Waals surface area contributed by atoms with Gasteiger partial charge in [-0.2, -0.15) is 5.10 Å². The molecule has 7 heteroatoms. The van der Waals surface area contributed by atoms with Gasteiger partial charge in [0.2, 0.25) is 0 Å². The SMILES string of the molecule is C=CCNC(=O)C(=O)N/N=C\c1cc(Cl)ccc1OC. The van der Waals surface area contributed by atoms with Gasteiger partial charge in [0.15, 0.2) is 0 Å². The smallest absolute Gasteiger partial charge is 0.329 e. The molecule has 0 unspecified atom stereocenters.